The topological polar surface area (TPSA) is 73.6 Å². The fraction of sp³-hybridized carbons (Fsp3) is 0.444. The molecule has 1 fully saturated rings. The lowest BCUT2D eigenvalue weighted by Gasteiger charge is -2.17. The van der Waals surface area contributed by atoms with Gasteiger partial charge in [0.2, 0.25) is 0 Å². The molecule has 2 heterocycles. The Morgan fingerprint density at radius 1 is 1.54 bits per heavy atom. The van der Waals surface area contributed by atoms with Crippen LogP contribution in [0.15, 0.2) is 22.7 Å². The lowest BCUT2D eigenvalue weighted by atomic mass is 10.0. The van der Waals surface area contributed by atoms with Crippen LogP contribution in [0.2, 0.25) is 5.02 Å². The van der Waals surface area contributed by atoms with Crippen LogP contribution >= 0.6 is 11.6 Å². The summed E-state index contributed by atoms with van der Waals surface area (Å²) in [6.07, 6.45) is 0.904. The molecule has 3 rings (SSSR count). The molecular weight excluding hydrogens is 363 g/mol. The van der Waals surface area contributed by atoms with Gasteiger partial charge in [-0.05, 0) is 32.4 Å². The quantitative estimate of drug-likeness (QED) is 0.829. The molecule has 0 radical (unpaired) electrons. The van der Waals surface area contributed by atoms with Gasteiger partial charge in [-0.15, -0.1) is 0 Å². The predicted octanol–water partition coefficient (Wildman–Crippen LogP) is 3.37. The van der Waals surface area contributed by atoms with Crippen molar-refractivity contribution in [1.82, 2.24) is 10.5 Å². The maximum Gasteiger partial charge on any atom is 0.257 e. The number of aryl methyl sites for hydroxylation is 1. The van der Waals surface area contributed by atoms with Crippen LogP contribution in [0.1, 0.15) is 29.5 Å². The lowest BCUT2D eigenvalue weighted by Crippen LogP contribution is -2.37. The Bertz CT molecular complexity index is 769. The highest BCUT2D eigenvalue weighted by Crippen LogP contribution is 2.33. The molecule has 1 aliphatic heterocycles. The number of aromatic nitrogens is 1. The zero-order valence-corrected chi connectivity index (χ0v) is 15.3. The van der Waals surface area contributed by atoms with E-state index in [1.807, 2.05) is 6.92 Å². The van der Waals surface area contributed by atoms with Crippen LogP contribution in [0.5, 0.6) is 0 Å². The average Bonchev–Trinajstić information content (AvgIpc) is 3.23. The minimum absolute atomic E-state index is 0.0446. The highest BCUT2D eigenvalue weighted by atomic mass is 35.5. The van der Waals surface area contributed by atoms with Crippen LogP contribution in [0.3, 0.4) is 0 Å². The van der Waals surface area contributed by atoms with Gasteiger partial charge in [-0.1, -0.05) is 22.8 Å². The van der Waals surface area contributed by atoms with E-state index in [-0.39, 0.29) is 39.7 Å². The van der Waals surface area contributed by atoms with Crippen LogP contribution in [0.25, 0.3) is 11.3 Å². The molecule has 1 aromatic heterocycles. The first-order valence-electron chi connectivity index (χ1n) is 8.38. The molecule has 1 N–H and O–H groups in total. The Hall–Kier alpha value is -1.96. The van der Waals surface area contributed by atoms with Crippen LogP contribution in [-0.2, 0) is 9.47 Å². The Morgan fingerprint density at radius 2 is 2.35 bits per heavy atom. The van der Waals surface area contributed by atoms with Gasteiger partial charge in [0, 0.05) is 12.6 Å². The number of halogens is 2. The van der Waals surface area contributed by atoms with Crippen LogP contribution < -0.4 is 5.32 Å². The summed E-state index contributed by atoms with van der Waals surface area (Å²) in [4.78, 5) is 12.7. The Balaban J connectivity index is 1.74. The summed E-state index contributed by atoms with van der Waals surface area (Å²) >= 11 is 6.09. The monoisotopic (exact) mass is 382 g/mol. The Labute approximate surface area is 155 Å². The van der Waals surface area contributed by atoms with Gasteiger partial charge in [0.05, 0.1) is 29.9 Å². The number of nitrogens with zero attached hydrogens (tertiary/aromatic N) is 1. The molecule has 1 saturated heterocycles. The largest absolute Gasteiger partial charge is 0.379 e. The summed E-state index contributed by atoms with van der Waals surface area (Å²) in [6.45, 7) is 5.03. The SMILES string of the molecule is Cc1onc(-c2c(F)cccc2Cl)c1C(=O)N[C@H](C)CO[C@H]1CCOC1. The second-order valence-corrected chi connectivity index (χ2v) is 6.66. The molecule has 2 atom stereocenters. The van der Waals surface area contributed by atoms with Crippen molar-refractivity contribution >= 4 is 17.5 Å². The third kappa shape index (κ3) is 4.06. The number of hydrogen-bond donors (Lipinski definition) is 1. The van der Waals surface area contributed by atoms with Gasteiger partial charge in [0.15, 0.2) is 0 Å². The van der Waals surface area contributed by atoms with Crippen LogP contribution in [0.4, 0.5) is 4.39 Å². The highest BCUT2D eigenvalue weighted by Gasteiger charge is 2.26. The standard InChI is InChI=1S/C18H20ClFN2O4/c1-10(8-25-12-6-7-24-9-12)21-18(23)15-11(2)26-22-17(15)16-13(19)4-3-5-14(16)20/h3-5,10,12H,6-9H2,1-2H3,(H,21,23)/t10-,12+/m1/s1. The molecule has 6 nitrogen and oxygen atoms in total. The number of carbonyl (C=O) groups is 1. The van der Waals surface area contributed by atoms with Gasteiger partial charge in [0.25, 0.3) is 5.91 Å². The predicted molar refractivity (Wildman–Crippen MR) is 93.7 cm³/mol. The number of carbonyl (C=O) groups excluding carboxylic acids is 1. The molecule has 0 unspecified atom stereocenters. The molecule has 0 saturated carbocycles. The minimum atomic E-state index is -0.572. The van der Waals surface area contributed by atoms with Gasteiger partial charge >= 0.3 is 0 Å². The van der Waals surface area contributed by atoms with Gasteiger partial charge in [-0.25, -0.2) is 4.39 Å². The smallest absolute Gasteiger partial charge is 0.257 e. The number of rotatable bonds is 6. The van der Waals surface area contributed by atoms with Crippen LogP contribution in [-0.4, -0.2) is 43.0 Å². The van der Waals surface area contributed by atoms with Crippen molar-refractivity contribution in [3.63, 3.8) is 0 Å². The second-order valence-electron chi connectivity index (χ2n) is 6.25. The maximum atomic E-state index is 14.2. The van der Waals surface area contributed by atoms with Crippen molar-refractivity contribution in [2.45, 2.75) is 32.4 Å². The first-order valence-corrected chi connectivity index (χ1v) is 8.76. The fourth-order valence-electron chi connectivity index (χ4n) is 2.80. The summed E-state index contributed by atoms with van der Waals surface area (Å²) in [5.74, 6) is -0.705. The van der Waals surface area contributed by atoms with E-state index in [0.29, 0.717) is 19.8 Å². The normalized spacial score (nSPS) is 18.1. The third-order valence-corrected chi connectivity index (χ3v) is 4.45. The number of ether oxygens (including phenoxy) is 2. The van der Waals surface area contributed by atoms with Crippen LogP contribution in [0, 0.1) is 12.7 Å². The Morgan fingerprint density at radius 3 is 3.04 bits per heavy atom. The van der Waals surface area contributed by atoms with Crippen molar-refractivity contribution in [2.24, 2.45) is 0 Å². The van der Waals surface area contributed by atoms with Gasteiger partial charge in [-0.2, -0.15) is 0 Å². The zero-order chi connectivity index (χ0) is 18.7. The van der Waals surface area contributed by atoms with Crippen molar-refractivity contribution < 1.29 is 23.2 Å². The minimum Gasteiger partial charge on any atom is -0.379 e. The second kappa shape index (κ2) is 8.16. The van der Waals surface area contributed by atoms with E-state index in [1.165, 1.54) is 18.2 Å². The summed E-state index contributed by atoms with van der Waals surface area (Å²) in [6, 6.07) is 4.03. The zero-order valence-electron chi connectivity index (χ0n) is 14.6. The molecule has 26 heavy (non-hydrogen) atoms. The van der Waals surface area contributed by atoms with E-state index in [0.717, 1.165) is 6.42 Å². The first kappa shape index (κ1) is 18.8. The number of amides is 1. The number of hydrogen-bond acceptors (Lipinski definition) is 5. The molecule has 0 spiro atoms. The van der Waals surface area contributed by atoms with Gasteiger partial charge < -0.3 is 19.3 Å². The highest BCUT2D eigenvalue weighted by molar-refractivity contribution is 6.33. The molecule has 0 aliphatic carbocycles. The molecule has 8 heteroatoms. The van der Waals surface area contributed by atoms with E-state index in [9.17, 15) is 9.18 Å². The Kier molecular flexibility index (Phi) is 5.90. The van der Waals surface area contributed by atoms with E-state index in [4.69, 9.17) is 25.6 Å². The first-order chi connectivity index (χ1) is 12.5. The van der Waals surface area contributed by atoms with Crippen molar-refractivity contribution in [3.05, 3.63) is 40.4 Å². The molecule has 1 aliphatic rings. The molecule has 2 aromatic rings. The van der Waals surface area contributed by atoms with E-state index in [1.54, 1.807) is 6.92 Å². The summed E-state index contributed by atoms with van der Waals surface area (Å²) in [5.41, 5.74) is 0.289. The summed E-state index contributed by atoms with van der Waals surface area (Å²) in [5, 5.41) is 6.82. The molecule has 1 aromatic carbocycles. The summed E-state index contributed by atoms with van der Waals surface area (Å²) in [7, 11) is 0. The number of benzene rings is 1. The van der Waals surface area contributed by atoms with Crippen molar-refractivity contribution in [3.8, 4) is 11.3 Å². The molecule has 1 amide bonds. The summed E-state index contributed by atoms with van der Waals surface area (Å²) < 4.78 is 30.3. The molecular formula is C18H20ClFN2O4. The van der Waals surface area contributed by atoms with E-state index >= 15 is 0 Å². The lowest BCUT2D eigenvalue weighted by molar-refractivity contribution is 0.0318. The fourth-order valence-corrected chi connectivity index (χ4v) is 3.05. The number of nitrogens with one attached hydrogen (secondary N) is 1. The van der Waals surface area contributed by atoms with E-state index < -0.39 is 11.7 Å². The molecule has 0 bridgehead atoms. The van der Waals surface area contributed by atoms with Gasteiger partial charge in [0.1, 0.15) is 22.8 Å². The third-order valence-electron chi connectivity index (χ3n) is 4.14. The van der Waals surface area contributed by atoms with Gasteiger partial charge in [-0.3, -0.25) is 4.79 Å². The average molecular weight is 383 g/mol. The van der Waals surface area contributed by atoms with Crippen molar-refractivity contribution in [2.75, 3.05) is 19.8 Å². The van der Waals surface area contributed by atoms with Crippen molar-refractivity contribution in [1.29, 1.82) is 0 Å². The molecule has 140 valence electrons. The maximum absolute atomic E-state index is 14.2. The van der Waals surface area contributed by atoms with E-state index in [2.05, 4.69) is 10.5 Å².